The first-order chi connectivity index (χ1) is 17.5. The summed E-state index contributed by atoms with van der Waals surface area (Å²) < 4.78 is 7.18. The van der Waals surface area contributed by atoms with Gasteiger partial charge in [-0.1, -0.05) is 41.9 Å². The molecule has 0 unspecified atom stereocenters. The fourth-order valence-electron chi connectivity index (χ4n) is 4.16. The number of Topliss-reactive ketones (excluding diaryl/α,β-unsaturated/α-hetero) is 1. The zero-order valence-corrected chi connectivity index (χ0v) is 21.7. The number of rotatable bonds is 12. The minimum absolute atomic E-state index is 0.0343. The van der Waals surface area contributed by atoms with Crippen molar-refractivity contribution in [1.82, 2.24) is 14.9 Å². The largest absolute Gasteiger partial charge is 0.376 e. The second-order valence-electron chi connectivity index (χ2n) is 8.84. The summed E-state index contributed by atoms with van der Waals surface area (Å²) in [6, 6.07) is 14.0. The molecule has 2 heterocycles. The predicted molar refractivity (Wildman–Crippen MR) is 143 cm³/mol. The third-order valence-electron chi connectivity index (χ3n) is 6.16. The van der Waals surface area contributed by atoms with Gasteiger partial charge in [-0.3, -0.25) is 19.0 Å². The molecule has 1 aliphatic heterocycles. The molecular weight excluding hydrogens is 498 g/mol. The van der Waals surface area contributed by atoms with E-state index in [0.717, 1.165) is 38.7 Å². The topological polar surface area (TPSA) is 90.3 Å². The van der Waals surface area contributed by atoms with Crippen LogP contribution in [-0.2, 0) is 16.1 Å². The average Bonchev–Trinajstić information content (AvgIpc) is 3.41. The lowest BCUT2D eigenvalue weighted by Crippen LogP contribution is -2.31. The van der Waals surface area contributed by atoms with Crippen LogP contribution in [0.2, 0.25) is 5.02 Å². The van der Waals surface area contributed by atoms with Gasteiger partial charge in [0.15, 0.2) is 10.9 Å². The summed E-state index contributed by atoms with van der Waals surface area (Å²) in [7, 11) is 0. The minimum atomic E-state index is -0.114. The zero-order valence-electron chi connectivity index (χ0n) is 20.1. The van der Waals surface area contributed by atoms with E-state index in [2.05, 4.69) is 10.3 Å². The first-order valence-corrected chi connectivity index (χ1v) is 13.7. The monoisotopic (exact) mass is 527 g/mol. The van der Waals surface area contributed by atoms with E-state index in [4.69, 9.17) is 16.3 Å². The maximum absolute atomic E-state index is 13.2. The van der Waals surface area contributed by atoms with E-state index in [1.54, 1.807) is 41.0 Å². The molecule has 9 heteroatoms. The van der Waals surface area contributed by atoms with Gasteiger partial charge in [0.05, 0.1) is 22.8 Å². The number of thioether (sulfide) groups is 1. The van der Waals surface area contributed by atoms with Crippen LogP contribution in [0.4, 0.5) is 0 Å². The van der Waals surface area contributed by atoms with Crippen molar-refractivity contribution in [2.24, 2.45) is 0 Å². The Balaban J connectivity index is 1.34. The Morgan fingerprint density at radius 3 is 2.69 bits per heavy atom. The van der Waals surface area contributed by atoms with Crippen molar-refractivity contribution in [2.75, 3.05) is 18.9 Å². The Morgan fingerprint density at radius 2 is 1.92 bits per heavy atom. The molecule has 1 N–H and O–H groups in total. The van der Waals surface area contributed by atoms with Crippen LogP contribution in [0.1, 0.15) is 48.9 Å². The molecule has 0 aliphatic carbocycles. The van der Waals surface area contributed by atoms with Gasteiger partial charge < -0.3 is 10.1 Å². The van der Waals surface area contributed by atoms with Crippen LogP contribution in [0.15, 0.2) is 58.5 Å². The summed E-state index contributed by atoms with van der Waals surface area (Å²) in [5.41, 5.74) is 1.07. The summed E-state index contributed by atoms with van der Waals surface area (Å²) in [5, 5.41) is 4.60. The maximum Gasteiger partial charge on any atom is 0.262 e. The third kappa shape index (κ3) is 7.18. The number of carbonyl (C=O) groups excluding carboxylic acids is 2. The highest BCUT2D eigenvalue weighted by Gasteiger charge is 2.16. The van der Waals surface area contributed by atoms with Gasteiger partial charge in [-0.15, -0.1) is 0 Å². The molecule has 36 heavy (non-hydrogen) atoms. The fourth-order valence-corrected chi connectivity index (χ4v) is 5.20. The minimum Gasteiger partial charge on any atom is -0.376 e. The van der Waals surface area contributed by atoms with Gasteiger partial charge in [-0.25, -0.2) is 4.98 Å². The van der Waals surface area contributed by atoms with Crippen molar-refractivity contribution >= 4 is 46.0 Å². The molecule has 1 aromatic heterocycles. The van der Waals surface area contributed by atoms with E-state index < -0.39 is 0 Å². The van der Waals surface area contributed by atoms with Crippen LogP contribution in [0.3, 0.4) is 0 Å². The van der Waals surface area contributed by atoms with Crippen LogP contribution in [-0.4, -0.2) is 46.2 Å². The average molecular weight is 528 g/mol. The molecule has 1 aliphatic rings. The van der Waals surface area contributed by atoms with Crippen molar-refractivity contribution in [1.29, 1.82) is 0 Å². The molecule has 1 atom stereocenters. The molecule has 1 fully saturated rings. The maximum atomic E-state index is 13.2. The van der Waals surface area contributed by atoms with Crippen molar-refractivity contribution in [3.8, 4) is 0 Å². The molecule has 0 bridgehead atoms. The van der Waals surface area contributed by atoms with E-state index in [9.17, 15) is 14.4 Å². The molecule has 0 saturated carbocycles. The standard InChI is InChI=1S/C27H30ClN3O4S/c28-20-13-11-19(12-14-20)24(32)18-36-27-30-23-9-4-3-8-22(23)26(34)31(27)15-5-1-2-10-25(33)29-17-21-7-6-16-35-21/h3-4,8-9,11-14,21H,1-2,5-7,10,15-18H2,(H,29,33)/t21-/m0/s1. The Morgan fingerprint density at radius 1 is 1.11 bits per heavy atom. The SMILES string of the molecule is O=C(CCCCCn1c(SCC(=O)c2ccc(Cl)cc2)nc2ccccc2c1=O)NC[C@@H]1CCCO1. The van der Waals surface area contributed by atoms with Crippen molar-refractivity contribution in [3.05, 3.63) is 69.5 Å². The number of benzene rings is 2. The summed E-state index contributed by atoms with van der Waals surface area (Å²) in [6.07, 6.45) is 4.93. The van der Waals surface area contributed by atoms with Crippen molar-refractivity contribution in [2.45, 2.75) is 56.3 Å². The fraction of sp³-hybridized carbons (Fsp3) is 0.407. The first kappa shape index (κ1) is 26.4. The van der Waals surface area contributed by atoms with Crippen LogP contribution in [0.25, 0.3) is 10.9 Å². The van der Waals surface area contributed by atoms with Gasteiger partial charge in [-0.05, 0) is 62.1 Å². The lowest BCUT2D eigenvalue weighted by atomic mass is 10.1. The number of fused-ring (bicyclic) bond motifs is 1. The number of hydrogen-bond donors (Lipinski definition) is 1. The van der Waals surface area contributed by atoms with E-state index in [1.807, 2.05) is 12.1 Å². The highest BCUT2D eigenvalue weighted by atomic mass is 35.5. The van der Waals surface area contributed by atoms with Gasteiger partial charge in [0.25, 0.3) is 5.56 Å². The summed E-state index contributed by atoms with van der Waals surface area (Å²) >= 11 is 7.19. The van der Waals surface area contributed by atoms with E-state index in [1.165, 1.54) is 11.8 Å². The molecule has 1 amide bonds. The Kier molecular flexibility index (Phi) is 9.55. The van der Waals surface area contributed by atoms with Crippen LogP contribution >= 0.6 is 23.4 Å². The number of nitrogens with zero attached hydrogens (tertiary/aromatic N) is 2. The molecule has 3 aromatic rings. The van der Waals surface area contributed by atoms with Gasteiger partial charge in [0, 0.05) is 36.7 Å². The number of amides is 1. The summed E-state index contributed by atoms with van der Waals surface area (Å²) in [5.74, 6) is 0.142. The number of nitrogens with one attached hydrogen (secondary N) is 1. The van der Waals surface area contributed by atoms with Gasteiger partial charge in [-0.2, -0.15) is 0 Å². The summed E-state index contributed by atoms with van der Waals surface area (Å²) in [4.78, 5) is 42.7. The van der Waals surface area contributed by atoms with E-state index >= 15 is 0 Å². The predicted octanol–water partition coefficient (Wildman–Crippen LogP) is 4.88. The zero-order chi connectivity index (χ0) is 25.3. The highest BCUT2D eigenvalue weighted by Crippen LogP contribution is 2.21. The van der Waals surface area contributed by atoms with Crippen molar-refractivity contribution in [3.63, 3.8) is 0 Å². The molecule has 1 saturated heterocycles. The number of ether oxygens (including phenoxy) is 1. The van der Waals surface area contributed by atoms with Gasteiger partial charge in [0.1, 0.15) is 0 Å². The van der Waals surface area contributed by atoms with Crippen molar-refractivity contribution < 1.29 is 14.3 Å². The smallest absolute Gasteiger partial charge is 0.262 e. The van der Waals surface area contributed by atoms with Crippen LogP contribution in [0, 0.1) is 0 Å². The molecule has 190 valence electrons. The van der Waals surface area contributed by atoms with Gasteiger partial charge >= 0.3 is 0 Å². The number of para-hydroxylation sites is 1. The number of aromatic nitrogens is 2. The highest BCUT2D eigenvalue weighted by molar-refractivity contribution is 7.99. The lowest BCUT2D eigenvalue weighted by molar-refractivity contribution is -0.121. The second kappa shape index (κ2) is 13.0. The molecule has 0 spiro atoms. The van der Waals surface area contributed by atoms with E-state index in [0.29, 0.717) is 46.2 Å². The lowest BCUT2D eigenvalue weighted by Gasteiger charge is -2.13. The quantitative estimate of drug-likeness (QED) is 0.156. The Labute approximate surface area is 219 Å². The molecule has 4 rings (SSSR count). The molecule has 2 aromatic carbocycles. The summed E-state index contributed by atoms with van der Waals surface area (Å²) in [6.45, 7) is 1.83. The Bertz CT molecular complexity index is 1260. The third-order valence-corrected chi connectivity index (χ3v) is 7.39. The normalized spacial score (nSPS) is 15.3. The second-order valence-corrected chi connectivity index (χ2v) is 10.2. The number of unbranched alkanes of at least 4 members (excludes halogenated alkanes) is 2. The number of carbonyl (C=O) groups is 2. The van der Waals surface area contributed by atoms with Crippen LogP contribution in [0.5, 0.6) is 0 Å². The number of halogens is 1. The first-order valence-electron chi connectivity index (χ1n) is 12.3. The van der Waals surface area contributed by atoms with E-state index in [-0.39, 0.29) is 29.1 Å². The molecule has 7 nitrogen and oxygen atoms in total. The molecular formula is C27H30ClN3O4S. The number of hydrogen-bond acceptors (Lipinski definition) is 6. The van der Waals surface area contributed by atoms with Gasteiger partial charge in [0.2, 0.25) is 5.91 Å². The number of ketones is 1. The molecule has 0 radical (unpaired) electrons. The van der Waals surface area contributed by atoms with Crippen LogP contribution < -0.4 is 10.9 Å². The Hall–Kier alpha value is -2.68.